The van der Waals surface area contributed by atoms with Gasteiger partial charge in [0.05, 0.1) is 41.3 Å². The molecule has 4 nitrogen and oxygen atoms in total. The topological polar surface area (TPSA) is 54.1 Å². The molecule has 4 rings (SSSR count). The Balaban J connectivity index is 1.54. The van der Waals surface area contributed by atoms with E-state index in [-0.39, 0.29) is 0 Å². The molecular weight excluding hydrogens is 332 g/mol. The molecule has 1 aliphatic rings. The molecule has 0 fully saturated rings. The Morgan fingerprint density at radius 3 is 1.41 bits per heavy atom. The van der Waals surface area contributed by atoms with Crippen LogP contribution in [0.1, 0.15) is 22.3 Å². The number of nitriles is 2. The Hall–Kier alpha value is -3.76. The second kappa shape index (κ2) is 7.23. The van der Waals surface area contributed by atoms with E-state index in [0.717, 1.165) is 19.8 Å². The summed E-state index contributed by atoms with van der Waals surface area (Å²) in [5.74, 6) is 0. The molecule has 0 atom stereocenters. The van der Waals surface area contributed by atoms with Gasteiger partial charge in [0, 0.05) is 13.1 Å². The maximum Gasteiger partial charge on any atom is 0.0991 e. The Bertz CT molecular complexity index is 939. The second-order valence-electron chi connectivity index (χ2n) is 6.64. The van der Waals surface area contributed by atoms with E-state index in [9.17, 15) is 0 Å². The van der Waals surface area contributed by atoms with Crippen LogP contribution >= 0.6 is 0 Å². The first kappa shape index (κ1) is 16.7. The van der Waals surface area contributed by atoms with Crippen LogP contribution in [0.3, 0.4) is 0 Å². The molecule has 27 heavy (non-hydrogen) atoms. The van der Waals surface area contributed by atoms with Gasteiger partial charge in [0.2, 0.25) is 0 Å². The van der Waals surface area contributed by atoms with Gasteiger partial charge in [-0.05, 0) is 47.5 Å². The van der Waals surface area contributed by atoms with E-state index in [2.05, 4.69) is 46.2 Å². The predicted octanol–water partition coefficient (Wildman–Crippen LogP) is 4.41. The van der Waals surface area contributed by atoms with Gasteiger partial charge < -0.3 is 9.80 Å². The predicted molar refractivity (Wildman–Crippen MR) is 106 cm³/mol. The molecule has 0 radical (unpaired) electrons. The number of hydrogen-bond donors (Lipinski definition) is 0. The number of nitrogens with zero attached hydrogens (tertiary/aromatic N) is 4. The van der Waals surface area contributed by atoms with Crippen LogP contribution in [0.2, 0.25) is 0 Å². The third-order valence-electron chi connectivity index (χ3n) is 4.82. The molecule has 0 spiro atoms. The summed E-state index contributed by atoms with van der Waals surface area (Å²) in [5.41, 5.74) is 6.17. The largest absolute Gasteiger partial charge is 0.348 e. The van der Waals surface area contributed by atoms with E-state index < -0.39 is 0 Å². The minimum absolute atomic E-state index is 0.683. The lowest BCUT2D eigenvalue weighted by Gasteiger charge is -2.22. The monoisotopic (exact) mass is 350 g/mol. The molecule has 1 aliphatic heterocycles. The van der Waals surface area contributed by atoms with Crippen LogP contribution in [0.15, 0.2) is 72.8 Å². The van der Waals surface area contributed by atoms with Gasteiger partial charge in [-0.15, -0.1) is 0 Å². The first-order valence-corrected chi connectivity index (χ1v) is 8.84. The summed E-state index contributed by atoms with van der Waals surface area (Å²) in [6.07, 6.45) is 0. The zero-order valence-electron chi connectivity index (χ0n) is 14.8. The number of benzene rings is 3. The normalized spacial score (nSPS) is 12.4. The van der Waals surface area contributed by atoms with Crippen molar-refractivity contribution in [3.8, 4) is 12.1 Å². The molecular formula is C23H18N4. The summed E-state index contributed by atoms with van der Waals surface area (Å²) in [4.78, 5) is 4.70. The maximum atomic E-state index is 8.97. The van der Waals surface area contributed by atoms with Crippen LogP contribution in [-0.4, -0.2) is 6.67 Å². The third-order valence-corrected chi connectivity index (χ3v) is 4.82. The highest BCUT2D eigenvalue weighted by atomic mass is 15.4. The lowest BCUT2D eigenvalue weighted by atomic mass is 10.1. The van der Waals surface area contributed by atoms with Gasteiger partial charge in [-0.2, -0.15) is 10.5 Å². The van der Waals surface area contributed by atoms with Gasteiger partial charge >= 0.3 is 0 Å². The highest BCUT2D eigenvalue weighted by Gasteiger charge is 2.25. The molecule has 0 saturated carbocycles. The van der Waals surface area contributed by atoms with Crippen molar-refractivity contribution in [2.75, 3.05) is 16.5 Å². The minimum atomic E-state index is 0.683. The van der Waals surface area contributed by atoms with Gasteiger partial charge in [0.15, 0.2) is 0 Å². The lowest BCUT2D eigenvalue weighted by Crippen LogP contribution is -2.30. The molecule has 0 N–H and O–H groups in total. The molecule has 4 heteroatoms. The van der Waals surface area contributed by atoms with Crippen molar-refractivity contribution >= 4 is 11.4 Å². The van der Waals surface area contributed by atoms with Gasteiger partial charge in [0.1, 0.15) is 0 Å². The van der Waals surface area contributed by atoms with Crippen LogP contribution in [0, 0.1) is 22.7 Å². The standard InChI is InChI=1S/C23H18N4/c24-13-18-5-9-20(10-6-18)15-26-17-27(23-4-2-1-3-22(23)26)16-21-11-7-19(14-25)8-12-21/h1-12H,15-17H2. The van der Waals surface area contributed by atoms with Crippen molar-refractivity contribution in [1.29, 1.82) is 10.5 Å². The van der Waals surface area contributed by atoms with Gasteiger partial charge in [-0.25, -0.2) is 0 Å². The quantitative estimate of drug-likeness (QED) is 0.699. The van der Waals surface area contributed by atoms with Crippen LogP contribution < -0.4 is 9.80 Å². The fraction of sp³-hybridized carbons (Fsp3) is 0.130. The summed E-state index contributed by atoms with van der Waals surface area (Å²) in [6, 6.07) is 28.3. The van der Waals surface area contributed by atoms with Crippen LogP contribution in [0.5, 0.6) is 0 Å². The highest BCUT2D eigenvalue weighted by Crippen LogP contribution is 2.37. The van der Waals surface area contributed by atoms with Crippen molar-refractivity contribution in [3.05, 3.63) is 95.1 Å². The summed E-state index contributed by atoms with van der Waals surface area (Å²) >= 11 is 0. The smallest absolute Gasteiger partial charge is 0.0991 e. The number of para-hydroxylation sites is 2. The van der Waals surface area contributed by atoms with Crippen molar-refractivity contribution in [1.82, 2.24) is 0 Å². The first-order valence-electron chi connectivity index (χ1n) is 8.84. The SMILES string of the molecule is N#Cc1ccc(CN2CN(Cc3ccc(C#N)cc3)c3ccccc32)cc1. The molecule has 1 heterocycles. The second-order valence-corrected chi connectivity index (χ2v) is 6.64. The van der Waals surface area contributed by atoms with E-state index in [4.69, 9.17) is 10.5 Å². The van der Waals surface area contributed by atoms with E-state index in [1.807, 2.05) is 48.5 Å². The zero-order valence-corrected chi connectivity index (χ0v) is 14.8. The lowest BCUT2D eigenvalue weighted by molar-refractivity contribution is 0.763. The fourth-order valence-corrected chi connectivity index (χ4v) is 3.44. The molecule has 3 aromatic carbocycles. The van der Waals surface area contributed by atoms with Crippen LogP contribution in [0.4, 0.5) is 11.4 Å². The summed E-state index contributed by atoms with van der Waals surface area (Å²) in [5, 5.41) is 17.9. The molecule has 0 bridgehead atoms. The van der Waals surface area contributed by atoms with Crippen LogP contribution in [0.25, 0.3) is 0 Å². The average molecular weight is 350 g/mol. The fourth-order valence-electron chi connectivity index (χ4n) is 3.44. The molecule has 0 unspecified atom stereocenters. The Morgan fingerprint density at radius 2 is 1.04 bits per heavy atom. The Morgan fingerprint density at radius 1 is 0.630 bits per heavy atom. The minimum Gasteiger partial charge on any atom is -0.348 e. The van der Waals surface area contributed by atoms with Crippen molar-refractivity contribution in [2.45, 2.75) is 13.1 Å². The molecule has 0 aromatic heterocycles. The summed E-state index contributed by atoms with van der Waals surface area (Å²) < 4.78 is 0. The van der Waals surface area contributed by atoms with Gasteiger partial charge in [0.25, 0.3) is 0 Å². The van der Waals surface area contributed by atoms with E-state index in [1.54, 1.807) is 0 Å². The van der Waals surface area contributed by atoms with E-state index in [0.29, 0.717) is 11.1 Å². The van der Waals surface area contributed by atoms with E-state index in [1.165, 1.54) is 22.5 Å². The van der Waals surface area contributed by atoms with Gasteiger partial charge in [-0.1, -0.05) is 36.4 Å². The van der Waals surface area contributed by atoms with Crippen molar-refractivity contribution < 1.29 is 0 Å². The number of rotatable bonds is 4. The number of hydrogen-bond acceptors (Lipinski definition) is 4. The third kappa shape index (κ3) is 3.47. The average Bonchev–Trinajstić information content (AvgIpc) is 3.06. The Labute approximate surface area is 159 Å². The number of fused-ring (bicyclic) bond motifs is 1. The Kier molecular flexibility index (Phi) is 4.47. The first-order chi connectivity index (χ1) is 13.3. The molecule has 0 saturated heterocycles. The summed E-state index contributed by atoms with van der Waals surface area (Å²) in [7, 11) is 0. The molecule has 3 aromatic rings. The molecule has 0 aliphatic carbocycles. The maximum absolute atomic E-state index is 8.97. The van der Waals surface area contributed by atoms with Gasteiger partial charge in [-0.3, -0.25) is 0 Å². The summed E-state index contributed by atoms with van der Waals surface area (Å²) in [6.45, 7) is 2.40. The van der Waals surface area contributed by atoms with Crippen LogP contribution in [-0.2, 0) is 13.1 Å². The number of anilines is 2. The van der Waals surface area contributed by atoms with E-state index >= 15 is 0 Å². The highest BCUT2D eigenvalue weighted by molar-refractivity contribution is 5.76. The van der Waals surface area contributed by atoms with Crippen molar-refractivity contribution in [2.24, 2.45) is 0 Å². The molecule has 130 valence electrons. The van der Waals surface area contributed by atoms with Crippen molar-refractivity contribution in [3.63, 3.8) is 0 Å². The zero-order chi connectivity index (χ0) is 18.6. The molecule has 0 amide bonds.